The number of aliphatic hydroxyl groups excluding tert-OH is 1. The molecule has 1 N–H and O–H groups in total. The van der Waals surface area contributed by atoms with Crippen molar-refractivity contribution in [2.45, 2.75) is 18.3 Å². The number of nitrogens with zero attached hydrogens (tertiary/aromatic N) is 1. The third-order valence-electron chi connectivity index (χ3n) is 2.59. The Kier molecular flexibility index (Phi) is 3.39. The second kappa shape index (κ2) is 4.04. The minimum atomic E-state index is -4.37. The SMILES string of the molecule is COCC1C(C(F)(F)F)C(O)CN1C. The summed E-state index contributed by atoms with van der Waals surface area (Å²) in [5, 5.41) is 9.27. The van der Waals surface area contributed by atoms with Crippen LogP contribution in [-0.4, -0.2) is 55.6 Å². The Balaban J connectivity index is 2.78. The lowest BCUT2D eigenvalue weighted by Crippen LogP contribution is -2.42. The molecule has 0 bridgehead atoms. The van der Waals surface area contributed by atoms with E-state index in [9.17, 15) is 18.3 Å². The van der Waals surface area contributed by atoms with Crippen molar-refractivity contribution in [3.05, 3.63) is 0 Å². The fourth-order valence-corrected chi connectivity index (χ4v) is 1.91. The number of ether oxygens (including phenoxy) is 1. The van der Waals surface area contributed by atoms with Gasteiger partial charge in [-0.05, 0) is 7.05 Å². The molecule has 3 nitrogen and oxygen atoms in total. The van der Waals surface area contributed by atoms with Crippen LogP contribution in [0.4, 0.5) is 13.2 Å². The summed E-state index contributed by atoms with van der Waals surface area (Å²) in [6, 6.07) is -0.782. The van der Waals surface area contributed by atoms with Crippen LogP contribution in [0, 0.1) is 5.92 Å². The predicted molar refractivity (Wildman–Crippen MR) is 43.8 cm³/mol. The van der Waals surface area contributed by atoms with Crippen LogP contribution in [-0.2, 0) is 4.74 Å². The van der Waals surface area contributed by atoms with Gasteiger partial charge in [0.1, 0.15) is 0 Å². The monoisotopic (exact) mass is 213 g/mol. The molecule has 0 aromatic rings. The van der Waals surface area contributed by atoms with Gasteiger partial charge < -0.3 is 9.84 Å². The number of hydrogen-bond acceptors (Lipinski definition) is 3. The van der Waals surface area contributed by atoms with Crippen molar-refractivity contribution >= 4 is 0 Å². The first kappa shape index (κ1) is 11.7. The van der Waals surface area contributed by atoms with Crippen molar-refractivity contribution in [1.82, 2.24) is 4.90 Å². The highest BCUT2D eigenvalue weighted by molar-refractivity contribution is 4.95. The van der Waals surface area contributed by atoms with E-state index in [-0.39, 0.29) is 13.2 Å². The Morgan fingerprint density at radius 3 is 2.50 bits per heavy atom. The first-order chi connectivity index (χ1) is 6.38. The Hall–Kier alpha value is -0.330. The quantitative estimate of drug-likeness (QED) is 0.724. The first-order valence-corrected chi connectivity index (χ1v) is 4.32. The van der Waals surface area contributed by atoms with E-state index in [1.165, 1.54) is 12.0 Å². The predicted octanol–water partition coefficient (Wildman–Crippen LogP) is 0.486. The van der Waals surface area contributed by atoms with E-state index in [1.807, 2.05) is 0 Å². The average molecular weight is 213 g/mol. The summed E-state index contributed by atoms with van der Waals surface area (Å²) in [5.41, 5.74) is 0. The number of aliphatic hydroxyl groups is 1. The summed E-state index contributed by atoms with van der Waals surface area (Å²) < 4.78 is 42.3. The molecule has 0 aromatic heterocycles. The van der Waals surface area contributed by atoms with E-state index in [2.05, 4.69) is 0 Å². The summed E-state index contributed by atoms with van der Waals surface area (Å²) in [6.07, 6.45) is -5.71. The lowest BCUT2D eigenvalue weighted by atomic mass is 9.98. The van der Waals surface area contributed by atoms with Gasteiger partial charge in [-0.1, -0.05) is 0 Å². The van der Waals surface area contributed by atoms with E-state index in [0.29, 0.717) is 0 Å². The Bertz CT molecular complexity index is 198. The van der Waals surface area contributed by atoms with Gasteiger partial charge in [-0.25, -0.2) is 0 Å². The van der Waals surface area contributed by atoms with E-state index in [4.69, 9.17) is 4.74 Å². The highest BCUT2D eigenvalue weighted by Crippen LogP contribution is 2.37. The van der Waals surface area contributed by atoms with Gasteiger partial charge in [0, 0.05) is 19.7 Å². The molecule has 1 aliphatic heterocycles. The maximum absolute atomic E-state index is 12.5. The van der Waals surface area contributed by atoms with E-state index in [1.54, 1.807) is 7.05 Å². The molecule has 3 atom stereocenters. The fourth-order valence-electron chi connectivity index (χ4n) is 1.91. The van der Waals surface area contributed by atoms with Gasteiger partial charge in [-0.3, -0.25) is 4.90 Å². The highest BCUT2D eigenvalue weighted by atomic mass is 19.4. The molecular weight excluding hydrogens is 199 g/mol. The first-order valence-electron chi connectivity index (χ1n) is 4.32. The minimum Gasteiger partial charge on any atom is -0.391 e. The molecule has 0 aliphatic carbocycles. The third kappa shape index (κ3) is 2.18. The highest BCUT2D eigenvalue weighted by Gasteiger charge is 2.54. The summed E-state index contributed by atoms with van der Waals surface area (Å²) in [7, 11) is 2.91. The number of alkyl halides is 3. The molecule has 0 spiro atoms. The zero-order valence-electron chi connectivity index (χ0n) is 8.08. The maximum atomic E-state index is 12.5. The molecule has 14 heavy (non-hydrogen) atoms. The molecule has 0 radical (unpaired) electrons. The second-order valence-electron chi connectivity index (χ2n) is 3.60. The van der Waals surface area contributed by atoms with Crippen LogP contribution in [0.15, 0.2) is 0 Å². The standard InChI is InChI=1S/C8H14F3NO2/c1-12-3-6(13)7(8(9,10)11)5(12)4-14-2/h5-7,13H,3-4H2,1-2H3. The van der Waals surface area contributed by atoms with Crippen molar-refractivity contribution in [3.8, 4) is 0 Å². The molecular formula is C8H14F3NO2. The van der Waals surface area contributed by atoms with Gasteiger partial charge in [-0.15, -0.1) is 0 Å². The van der Waals surface area contributed by atoms with Crippen molar-refractivity contribution in [2.24, 2.45) is 5.92 Å². The number of halogens is 3. The molecule has 1 heterocycles. The maximum Gasteiger partial charge on any atom is 0.395 e. The second-order valence-corrected chi connectivity index (χ2v) is 3.60. The van der Waals surface area contributed by atoms with Crippen molar-refractivity contribution < 1.29 is 23.0 Å². The van der Waals surface area contributed by atoms with E-state index in [0.717, 1.165) is 0 Å². The van der Waals surface area contributed by atoms with Crippen LogP contribution in [0.1, 0.15) is 0 Å². The number of likely N-dealkylation sites (tertiary alicyclic amines) is 1. The summed E-state index contributed by atoms with van der Waals surface area (Å²) >= 11 is 0. The smallest absolute Gasteiger partial charge is 0.391 e. The number of methoxy groups -OCH3 is 1. The van der Waals surface area contributed by atoms with Crippen molar-refractivity contribution in [3.63, 3.8) is 0 Å². The minimum absolute atomic E-state index is 0.0161. The Morgan fingerprint density at radius 2 is 2.07 bits per heavy atom. The van der Waals surface area contributed by atoms with Gasteiger partial charge in [0.2, 0.25) is 0 Å². The topological polar surface area (TPSA) is 32.7 Å². The van der Waals surface area contributed by atoms with Crippen LogP contribution in [0.25, 0.3) is 0 Å². The molecule has 1 saturated heterocycles. The van der Waals surface area contributed by atoms with Crippen LogP contribution in [0.3, 0.4) is 0 Å². The van der Waals surface area contributed by atoms with Crippen LogP contribution < -0.4 is 0 Å². The van der Waals surface area contributed by atoms with Crippen molar-refractivity contribution in [1.29, 1.82) is 0 Å². The zero-order valence-corrected chi connectivity index (χ0v) is 8.08. The molecule has 3 unspecified atom stereocenters. The molecule has 0 amide bonds. The largest absolute Gasteiger partial charge is 0.395 e. The molecule has 1 fully saturated rings. The summed E-state index contributed by atoms with van der Waals surface area (Å²) in [5.74, 6) is -1.70. The summed E-state index contributed by atoms with van der Waals surface area (Å²) in [4.78, 5) is 1.48. The van der Waals surface area contributed by atoms with Crippen LogP contribution in [0.2, 0.25) is 0 Å². The average Bonchev–Trinajstić information content (AvgIpc) is 2.26. The summed E-state index contributed by atoms with van der Waals surface area (Å²) in [6.45, 7) is 0.0238. The molecule has 0 saturated carbocycles. The normalized spacial score (nSPS) is 35.1. The lowest BCUT2D eigenvalue weighted by molar-refractivity contribution is -0.200. The number of hydrogen-bond donors (Lipinski definition) is 1. The molecule has 84 valence electrons. The molecule has 0 aromatic carbocycles. The number of likely N-dealkylation sites (N-methyl/N-ethyl adjacent to an activating group) is 1. The Labute approximate surface area is 80.5 Å². The molecule has 6 heteroatoms. The third-order valence-corrected chi connectivity index (χ3v) is 2.59. The Morgan fingerprint density at radius 1 is 1.50 bits per heavy atom. The lowest BCUT2D eigenvalue weighted by Gasteiger charge is -2.26. The van der Waals surface area contributed by atoms with Gasteiger partial charge in [0.15, 0.2) is 0 Å². The molecule has 1 rings (SSSR count). The van der Waals surface area contributed by atoms with Gasteiger partial charge in [0.25, 0.3) is 0 Å². The van der Waals surface area contributed by atoms with Gasteiger partial charge >= 0.3 is 6.18 Å². The van der Waals surface area contributed by atoms with Crippen LogP contribution in [0.5, 0.6) is 0 Å². The number of β-amino-alcohol motifs (C(OH)–C–C–N with tert-alkyl or cyclic N) is 1. The zero-order chi connectivity index (χ0) is 10.9. The van der Waals surface area contributed by atoms with E-state index < -0.39 is 24.2 Å². The van der Waals surface area contributed by atoms with Crippen molar-refractivity contribution in [2.75, 3.05) is 27.3 Å². The van der Waals surface area contributed by atoms with Crippen LogP contribution >= 0.6 is 0 Å². The van der Waals surface area contributed by atoms with E-state index >= 15 is 0 Å². The number of rotatable bonds is 2. The fraction of sp³-hybridized carbons (Fsp3) is 1.00. The van der Waals surface area contributed by atoms with Gasteiger partial charge in [-0.2, -0.15) is 13.2 Å². The molecule has 1 aliphatic rings. The van der Waals surface area contributed by atoms with Gasteiger partial charge in [0.05, 0.1) is 18.6 Å².